The molecule has 1 fully saturated rings. The Bertz CT molecular complexity index is 122. The van der Waals surface area contributed by atoms with E-state index >= 15 is 0 Å². The van der Waals surface area contributed by atoms with Crippen LogP contribution in [0.2, 0.25) is 0 Å². The number of aliphatic hydroxyl groups is 1. The maximum Gasteiger partial charge on any atom is 0.0601 e. The van der Waals surface area contributed by atoms with Gasteiger partial charge in [-0.25, -0.2) is 0 Å². The van der Waals surface area contributed by atoms with E-state index in [1.807, 2.05) is 6.92 Å². The first kappa shape index (κ1) is 9.96. The van der Waals surface area contributed by atoms with Crippen LogP contribution in [0.3, 0.4) is 0 Å². The van der Waals surface area contributed by atoms with Gasteiger partial charge in [-0.3, -0.25) is 4.90 Å². The van der Waals surface area contributed by atoms with Crippen LogP contribution in [0.15, 0.2) is 0 Å². The van der Waals surface area contributed by atoms with E-state index in [-0.39, 0.29) is 18.7 Å². The number of piperidine rings is 1. The summed E-state index contributed by atoms with van der Waals surface area (Å²) in [6.07, 6.45) is 3.83. The Morgan fingerprint density at radius 1 is 1.33 bits per heavy atom. The van der Waals surface area contributed by atoms with Gasteiger partial charge in [0.2, 0.25) is 0 Å². The highest BCUT2D eigenvalue weighted by Crippen LogP contribution is 2.13. The molecular weight excluding hydrogens is 152 g/mol. The van der Waals surface area contributed by atoms with E-state index in [1.54, 1.807) is 0 Å². The Kier molecular flexibility index (Phi) is 3.98. The third-order valence-electron chi connectivity index (χ3n) is 2.65. The monoisotopic (exact) mass is 172 g/mol. The van der Waals surface area contributed by atoms with Gasteiger partial charge >= 0.3 is 0 Å². The highest BCUT2D eigenvalue weighted by atomic mass is 16.3. The van der Waals surface area contributed by atoms with Gasteiger partial charge in [0.1, 0.15) is 0 Å². The Hall–Kier alpha value is -0.120. The molecule has 0 aromatic heterocycles. The summed E-state index contributed by atoms with van der Waals surface area (Å²) in [5, 5.41) is 9.13. The van der Waals surface area contributed by atoms with E-state index in [2.05, 4.69) is 4.90 Å². The van der Waals surface area contributed by atoms with Crippen molar-refractivity contribution in [3.63, 3.8) is 0 Å². The average Bonchev–Trinajstić information content (AvgIpc) is 2.07. The van der Waals surface area contributed by atoms with Crippen LogP contribution in [0.4, 0.5) is 0 Å². The van der Waals surface area contributed by atoms with Crippen molar-refractivity contribution in [1.82, 2.24) is 4.90 Å². The molecule has 1 rings (SSSR count). The quantitative estimate of drug-likeness (QED) is 0.638. The molecule has 1 aliphatic heterocycles. The number of hydrogen-bond donors (Lipinski definition) is 2. The van der Waals surface area contributed by atoms with Gasteiger partial charge in [0.15, 0.2) is 0 Å². The zero-order chi connectivity index (χ0) is 8.97. The lowest BCUT2D eigenvalue weighted by Gasteiger charge is -2.35. The number of aliphatic hydroxyl groups excluding tert-OH is 1. The summed E-state index contributed by atoms with van der Waals surface area (Å²) in [4.78, 5) is 2.31. The minimum atomic E-state index is 0.0769. The predicted molar refractivity (Wildman–Crippen MR) is 49.9 cm³/mol. The molecule has 1 heterocycles. The summed E-state index contributed by atoms with van der Waals surface area (Å²) in [5.41, 5.74) is 5.78. The largest absolute Gasteiger partial charge is 0.395 e. The molecule has 0 aromatic carbocycles. The van der Waals surface area contributed by atoms with Crippen LogP contribution in [0, 0.1) is 0 Å². The van der Waals surface area contributed by atoms with Gasteiger partial charge in [-0.1, -0.05) is 6.42 Å². The average molecular weight is 172 g/mol. The molecule has 0 bridgehead atoms. The third-order valence-corrected chi connectivity index (χ3v) is 2.65. The predicted octanol–water partition coefficient (Wildman–Crippen LogP) is 0.180. The van der Waals surface area contributed by atoms with Gasteiger partial charge in [-0.05, 0) is 32.9 Å². The zero-order valence-electron chi connectivity index (χ0n) is 7.87. The second-order valence-electron chi connectivity index (χ2n) is 3.71. The highest BCUT2D eigenvalue weighted by Gasteiger charge is 2.22. The maximum absolute atomic E-state index is 9.13. The van der Waals surface area contributed by atoms with Crippen molar-refractivity contribution in [3.05, 3.63) is 0 Å². The number of rotatable bonds is 3. The minimum Gasteiger partial charge on any atom is -0.395 e. The van der Waals surface area contributed by atoms with Gasteiger partial charge in [0, 0.05) is 12.1 Å². The molecule has 2 atom stereocenters. The van der Waals surface area contributed by atoms with Gasteiger partial charge in [0.05, 0.1) is 6.61 Å². The fraction of sp³-hybridized carbons (Fsp3) is 1.00. The topological polar surface area (TPSA) is 49.5 Å². The lowest BCUT2D eigenvalue weighted by atomic mass is 10.0. The standard InChI is InChI=1S/C9H20N2O/c1-8(10)9(7-12)11-5-3-2-4-6-11/h8-9,12H,2-7,10H2,1H3. The van der Waals surface area contributed by atoms with E-state index in [0.29, 0.717) is 0 Å². The number of nitrogens with zero attached hydrogens (tertiary/aromatic N) is 1. The Morgan fingerprint density at radius 3 is 2.33 bits per heavy atom. The SMILES string of the molecule is CC(N)C(CO)N1CCCCC1. The van der Waals surface area contributed by atoms with Crippen LogP contribution >= 0.6 is 0 Å². The van der Waals surface area contributed by atoms with Crippen molar-refractivity contribution >= 4 is 0 Å². The summed E-state index contributed by atoms with van der Waals surface area (Å²) in [5.74, 6) is 0. The normalized spacial score (nSPS) is 25.2. The first-order valence-electron chi connectivity index (χ1n) is 4.86. The second-order valence-corrected chi connectivity index (χ2v) is 3.71. The molecular formula is C9H20N2O. The van der Waals surface area contributed by atoms with E-state index in [0.717, 1.165) is 13.1 Å². The molecule has 72 valence electrons. The molecule has 3 heteroatoms. The number of likely N-dealkylation sites (tertiary alicyclic amines) is 1. The smallest absolute Gasteiger partial charge is 0.0601 e. The van der Waals surface area contributed by atoms with Crippen LogP contribution in [0.5, 0.6) is 0 Å². The van der Waals surface area contributed by atoms with Gasteiger partial charge < -0.3 is 10.8 Å². The summed E-state index contributed by atoms with van der Waals surface area (Å²) in [6.45, 7) is 4.37. The van der Waals surface area contributed by atoms with Gasteiger partial charge in [-0.15, -0.1) is 0 Å². The van der Waals surface area contributed by atoms with Crippen molar-refractivity contribution in [2.45, 2.75) is 38.3 Å². The van der Waals surface area contributed by atoms with E-state index in [1.165, 1.54) is 19.3 Å². The van der Waals surface area contributed by atoms with E-state index in [9.17, 15) is 0 Å². The molecule has 0 saturated carbocycles. The molecule has 12 heavy (non-hydrogen) atoms. The van der Waals surface area contributed by atoms with Crippen LogP contribution in [-0.4, -0.2) is 41.8 Å². The van der Waals surface area contributed by atoms with Crippen LogP contribution in [0.1, 0.15) is 26.2 Å². The van der Waals surface area contributed by atoms with Gasteiger partial charge in [-0.2, -0.15) is 0 Å². The fourth-order valence-electron chi connectivity index (χ4n) is 1.86. The molecule has 3 N–H and O–H groups in total. The Balaban J connectivity index is 2.40. The van der Waals surface area contributed by atoms with Crippen LogP contribution in [0.25, 0.3) is 0 Å². The van der Waals surface area contributed by atoms with Crippen molar-refractivity contribution in [2.75, 3.05) is 19.7 Å². The van der Waals surface area contributed by atoms with Crippen LogP contribution < -0.4 is 5.73 Å². The Labute approximate surface area is 74.5 Å². The Morgan fingerprint density at radius 2 is 1.92 bits per heavy atom. The highest BCUT2D eigenvalue weighted by molar-refractivity contribution is 4.80. The van der Waals surface area contributed by atoms with Gasteiger partial charge in [0.25, 0.3) is 0 Å². The first-order chi connectivity index (χ1) is 5.75. The fourth-order valence-corrected chi connectivity index (χ4v) is 1.86. The van der Waals surface area contributed by atoms with Crippen molar-refractivity contribution in [1.29, 1.82) is 0 Å². The van der Waals surface area contributed by atoms with Crippen molar-refractivity contribution < 1.29 is 5.11 Å². The molecule has 0 aromatic rings. The lowest BCUT2D eigenvalue weighted by molar-refractivity contribution is 0.0908. The molecule has 0 aliphatic carbocycles. The summed E-state index contributed by atoms with van der Waals surface area (Å²) in [7, 11) is 0. The van der Waals surface area contributed by atoms with Crippen LogP contribution in [-0.2, 0) is 0 Å². The summed E-state index contributed by atoms with van der Waals surface area (Å²) in [6, 6.07) is 0.249. The van der Waals surface area contributed by atoms with Crippen molar-refractivity contribution in [3.8, 4) is 0 Å². The molecule has 0 radical (unpaired) electrons. The number of hydrogen-bond acceptors (Lipinski definition) is 3. The summed E-state index contributed by atoms with van der Waals surface area (Å²) >= 11 is 0. The number of nitrogens with two attached hydrogens (primary N) is 1. The zero-order valence-corrected chi connectivity index (χ0v) is 7.87. The lowest BCUT2D eigenvalue weighted by Crippen LogP contribution is -2.50. The maximum atomic E-state index is 9.13. The first-order valence-corrected chi connectivity index (χ1v) is 4.86. The summed E-state index contributed by atoms with van der Waals surface area (Å²) < 4.78 is 0. The third kappa shape index (κ3) is 2.44. The minimum absolute atomic E-state index is 0.0769. The van der Waals surface area contributed by atoms with E-state index < -0.39 is 0 Å². The second kappa shape index (κ2) is 4.80. The van der Waals surface area contributed by atoms with Crippen molar-refractivity contribution in [2.24, 2.45) is 5.73 Å². The molecule has 1 saturated heterocycles. The molecule has 2 unspecified atom stereocenters. The van der Waals surface area contributed by atoms with E-state index in [4.69, 9.17) is 10.8 Å². The molecule has 0 spiro atoms. The molecule has 1 aliphatic rings. The molecule has 3 nitrogen and oxygen atoms in total. The molecule has 0 amide bonds.